The van der Waals surface area contributed by atoms with E-state index in [1.54, 1.807) is 13.3 Å². The molecule has 0 aliphatic carbocycles. The zero-order valence-corrected chi connectivity index (χ0v) is 13.4. The Labute approximate surface area is 128 Å². The van der Waals surface area contributed by atoms with Crippen LogP contribution in [-0.4, -0.2) is 18.6 Å². The molecule has 106 valence electrons. The van der Waals surface area contributed by atoms with Crippen LogP contribution in [0.3, 0.4) is 0 Å². The Bertz CT molecular complexity index is 545. The molecule has 1 heterocycles. The Morgan fingerprint density at radius 1 is 1.35 bits per heavy atom. The molecule has 0 bridgehead atoms. The van der Waals surface area contributed by atoms with E-state index < -0.39 is 0 Å². The average molecular weight is 335 g/mol. The summed E-state index contributed by atoms with van der Waals surface area (Å²) in [7, 11) is 1.71. The standard InChI is InChI=1S/C16H19BrN2O/c1-3-19-15(12-5-4-8-18-11-12)10-13-9-14(17)6-7-16(13)20-2/h4-9,11,15,19H,3,10H2,1-2H3. The number of nitrogens with zero attached hydrogens (tertiary/aromatic N) is 1. The molecule has 0 amide bonds. The van der Waals surface area contributed by atoms with Crippen LogP contribution in [0.4, 0.5) is 0 Å². The molecule has 1 atom stereocenters. The molecule has 0 radical (unpaired) electrons. The molecule has 1 N–H and O–H groups in total. The topological polar surface area (TPSA) is 34.1 Å². The summed E-state index contributed by atoms with van der Waals surface area (Å²) in [4.78, 5) is 4.21. The van der Waals surface area contributed by atoms with Crippen molar-refractivity contribution in [2.45, 2.75) is 19.4 Å². The Morgan fingerprint density at radius 3 is 2.85 bits per heavy atom. The molecule has 2 aromatic rings. The minimum atomic E-state index is 0.233. The van der Waals surface area contributed by atoms with Crippen LogP contribution < -0.4 is 10.1 Å². The SMILES string of the molecule is CCNC(Cc1cc(Br)ccc1OC)c1cccnc1. The molecular weight excluding hydrogens is 316 g/mol. The number of rotatable bonds is 6. The van der Waals surface area contributed by atoms with E-state index in [2.05, 4.69) is 45.3 Å². The lowest BCUT2D eigenvalue weighted by atomic mass is 9.99. The summed E-state index contributed by atoms with van der Waals surface area (Å²) in [5.74, 6) is 0.917. The fourth-order valence-electron chi connectivity index (χ4n) is 2.26. The number of nitrogens with one attached hydrogen (secondary N) is 1. The van der Waals surface area contributed by atoms with Crippen LogP contribution in [0, 0.1) is 0 Å². The highest BCUT2D eigenvalue weighted by atomic mass is 79.9. The van der Waals surface area contributed by atoms with Gasteiger partial charge in [0.15, 0.2) is 0 Å². The van der Waals surface area contributed by atoms with Gasteiger partial charge < -0.3 is 10.1 Å². The zero-order valence-electron chi connectivity index (χ0n) is 11.8. The highest BCUT2D eigenvalue weighted by Gasteiger charge is 2.14. The van der Waals surface area contributed by atoms with Gasteiger partial charge >= 0.3 is 0 Å². The number of hydrogen-bond acceptors (Lipinski definition) is 3. The Kier molecular flexibility index (Phi) is 5.56. The summed E-state index contributed by atoms with van der Waals surface area (Å²) in [6.07, 6.45) is 4.58. The van der Waals surface area contributed by atoms with E-state index in [1.807, 2.05) is 24.4 Å². The molecule has 0 saturated carbocycles. The first kappa shape index (κ1) is 15.0. The molecule has 2 rings (SSSR count). The summed E-state index contributed by atoms with van der Waals surface area (Å²) in [6.45, 7) is 3.03. The molecule has 1 aromatic carbocycles. The van der Waals surface area contributed by atoms with Crippen molar-refractivity contribution in [1.82, 2.24) is 10.3 Å². The highest BCUT2D eigenvalue weighted by Crippen LogP contribution is 2.27. The van der Waals surface area contributed by atoms with Gasteiger partial charge in [-0.25, -0.2) is 0 Å². The number of ether oxygens (including phenoxy) is 1. The Hall–Kier alpha value is -1.39. The molecule has 1 unspecified atom stereocenters. The van der Waals surface area contributed by atoms with Crippen LogP contribution >= 0.6 is 15.9 Å². The molecule has 1 aromatic heterocycles. The van der Waals surface area contributed by atoms with Crippen molar-refractivity contribution in [2.24, 2.45) is 0 Å². The summed E-state index contributed by atoms with van der Waals surface area (Å²) in [5.41, 5.74) is 2.37. The van der Waals surface area contributed by atoms with Crippen molar-refractivity contribution in [2.75, 3.05) is 13.7 Å². The summed E-state index contributed by atoms with van der Waals surface area (Å²) >= 11 is 3.52. The summed E-state index contributed by atoms with van der Waals surface area (Å²) < 4.78 is 6.52. The quantitative estimate of drug-likeness (QED) is 0.873. The van der Waals surface area contributed by atoms with Gasteiger partial charge in [0.25, 0.3) is 0 Å². The molecule has 3 nitrogen and oxygen atoms in total. The minimum absolute atomic E-state index is 0.233. The highest BCUT2D eigenvalue weighted by molar-refractivity contribution is 9.10. The first-order valence-corrected chi connectivity index (χ1v) is 7.49. The van der Waals surface area contributed by atoms with E-state index in [9.17, 15) is 0 Å². The average Bonchev–Trinajstić information content (AvgIpc) is 2.48. The van der Waals surface area contributed by atoms with Crippen molar-refractivity contribution >= 4 is 15.9 Å². The number of pyridine rings is 1. The fourth-order valence-corrected chi connectivity index (χ4v) is 2.67. The van der Waals surface area contributed by atoms with Gasteiger partial charge in [-0.05, 0) is 48.4 Å². The predicted molar refractivity (Wildman–Crippen MR) is 85.1 cm³/mol. The van der Waals surface area contributed by atoms with E-state index in [-0.39, 0.29) is 6.04 Å². The molecular formula is C16H19BrN2O. The second-order valence-corrected chi connectivity index (χ2v) is 5.47. The van der Waals surface area contributed by atoms with Gasteiger partial charge in [-0.3, -0.25) is 4.98 Å². The zero-order chi connectivity index (χ0) is 14.4. The lowest BCUT2D eigenvalue weighted by Gasteiger charge is -2.19. The van der Waals surface area contributed by atoms with Gasteiger partial charge in [-0.2, -0.15) is 0 Å². The number of benzene rings is 1. The van der Waals surface area contributed by atoms with Gasteiger partial charge in [0.05, 0.1) is 7.11 Å². The molecule has 0 fully saturated rings. The maximum absolute atomic E-state index is 5.45. The maximum Gasteiger partial charge on any atom is 0.122 e. The third-order valence-corrected chi connectivity index (χ3v) is 3.70. The van der Waals surface area contributed by atoms with Crippen molar-refractivity contribution < 1.29 is 4.74 Å². The van der Waals surface area contributed by atoms with E-state index in [4.69, 9.17) is 4.74 Å². The van der Waals surface area contributed by atoms with Crippen LogP contribution in [0.5, 0.6) is 5.75 Å². The summed E-state index contributed by atoms with van der Waals surface area (Å²) in [6, 6.07) is 10.4. The van der Waals surface area contributed by atoms with Gasteiger partial charge in [-0.15, -0.1) is 0 Å². The summed E-state index contributed by atoms with van der Waals surface area (Å²) in [5, 5.41) is 3.51. The third kappa shape index (κ3) is 3.81. The lowest BCUT2D eigenvalue weighted by molar-refractivity contribution is 0.405. The third-order valence-electron chi connectivity index (χ3n) is 3.20. The van der Waals surface area contributed by atoms with E-state index >= 15 is 0 Å². The van der Waals surface area contributed by atoms with Crippen LogP contribution in [0.15, 0.2) is 47.2 Å². The van der Waals surface area contributed by atoms with E-state index in [1.165, 1.54) is 11.1 Å². The minimum Gasteiger partial charge on any atom is -0.496 e. The molecule has 20 heavy (non-hydrogen) atoms. The monoisotopic (exact) mass is 334 g/mol. The molecule has 0 saturated heterocycles. The lowest BCUT2D eigenvalue weighted by Crippen LogP contribution is -2.23. The number of hydrogen-bond donors (Lipinski definition) is 1. The Morgan fingerprint density at radius 2 is 2.20 bits per heavy atom. The maximum atomic E-state index is 5.45. The number of halogens is 1. The molecule has 0 aliphatic rings. The normalized spacial score (nSPS) is 12.2. The van der Waals surface area contributed by atoms with E-state index in [0.717, 1.165) is 23.2 Å². The fraction of sp³-hybridized carbons (Fsp3) is 0.312. The molecule has 0 spiro atoms. The molecule has 4 heteroatoms. The first-order chi connectivity index (χ1) is 9.74. The van der Waals surface area contributed by atoms with Crippen LogP contribution in [0.25, 0.3) is 0 Å². The second kappa shape index (κ2) is 7.41. The number of likely N-dealkylation sites (N-methyl/N-ethyl adjacent to an activating group) is 1. The number of methoxy groups -OCH3 is 1. The van der Waals surface area contributed by atoms with Gasteiger partial charge in [-0.1, -0.05) is 28.9 Å². The van der Waals surface area contributed by atoms with Crippen LogP contribution in [0.2, 0.25) is 0 Å². The van der Waals surface area contributed by atoms with Crippen molar-refractivity contribution in [3.63, 3.8) is 0 Å². The van der Waals surface area contributed by atoms with E-state index in [0.29, 0.717) is 0 Å². The van der Waals surface area contributed by atoms with Gasteiger partial charge in [0, 0.05) is 22.9 Å². The second-order valence-electron chi connectivity index (χ2n) is 4.56. The van der Waals surface area contributed by atoms with Crippen molar-refractivity contribution in [3.05, 3.63) is 58.3 Å². The van der Waals surface area contributed by atoms with Crippen LogP contribution in [-0.2, 0) is 6.42 Å². The van der Waals surface area contributed by atoms with Crippen LogP contribution in [0.1, 0.15) is 24.1 Å². The number of aromatic nitrogens is 1. The first-order valence-electron chi connectivity index (χ1n) is 6.70. The van der Waals surface area contributed by atoms with Gasteiger partial charge in [0.2, 0.25) is 0 Å². The predicted octanol–water partition coefficient (Wildman–Crippen LogP) is 3.75. The van der Waals surface area contributed by atoms with Crippen molar-refractivity contribution in [3.8, 4) is 5.75 Å². The van der Waals surface area contributed by atoms with Gasteiger partial charge in [0.1, 0.15) is 5.75 Å². The largest absolute Gasteiger partial charge is 0.496 e. The van der Waals surface area contributed by atoms with Crippen molar-refractivity contribution in [1.29, 1.82) is 0 Å². The molecule has 0 aliphatic heterocycles. The smallest absolute Gasteiger partial charge is 0.122 e. The Balaban J connectivity index is 2.26.